The highest BCUT2D eigenvalue weighted by Crippen LogP contribution is 2.48. The van der Waals surface area contributed by atoms with Crippen LogP contribution in [0, 0.1) is 0 Å². The fourth-order valence-corrected chi connectivity index (χ4v) is 2.29. The molecule has 2 unspecified atom stereocenters. The molecule has 2 atom stereocenters. The lowest BCUT2D eigenvalue weighted by Crippen LogP contribution is -2.15. The van der Waals surface area contributed by atoms with Crippen LogP contribution in [0.15, 0.2) is 11.1 Å². The summed E-state index contributed by atoms with van der Waals surface area (Å²) in [5.41, 5.74) is 1.83. The first-order valence-electron chi connectivity index (χ1n) is 5.08. The van der Waals surface area contributed by atoms with Crippen LogP contribution in [-0.2, 0) is 14.3 Å². The van der Waals surface area contributed by atoms with Crippen molar-refractivity contribution in [1.82, 2.24) is 0 Å². The van der Waals surface area contributed by atoms with Gasteiger partial charge >= 0.3 is 5.97 Å². The Balaban J connectivity index is 2.27. The van der Waals surface area contributed by atoms with Crippen LogP contribution in [0.4, 0.5) is 0 Å². The van der Waals surface area contributed by atoms with Crippen molar-refractivity contribution in [2.45, 2.75) is 44.8 Å². The summed E-state index contributed by atoms with van der Waals surface area (Å²) in [6.07, 6.45) is 3.11. The first-order chi connectivity index (χ1) is 6.59. The van der Waals surface area contributed by atoms with Crippen LogP contribution < -0.4 is 0 Å². The largest absolute Gasteiger partial charge is 0.466 e. The number of ether oxygens (including phenoxy) is 2. The Bertz CT molecular complexity index is 306. The molecule has 0 aromatic rings. The predicted octanol–water partition coefficient (Wildman–Crippen LogP) is 1.82. The molecule has 78 valence electrons. The van der Waals surface area contributed by atoms with Gasteiger partial charge in [0.1, 0.15) is 5.60 Å². The van der Waals surface area contributed by atoms with Crippen LogP contribution in [0.25, 0.3) is 0 Å². The van der Waals surface area contributed by atoms with Crippen molar-refractivity contribution >= 4 is 5.97 Å². The van der Waals surface area contributed by atoms with Crippen LogP contribution in [0.1, 0.15) is 33.1 Å². The van der Waals surface area contributed by atoms with Crippen molar-refractivity contribution < 1.29 is 14.3 Å². The quantitative estimate of drug-likeness (QED) is 0.499. The molecule has 0 saturated carbocycles. The van der Waals surface area contributed by atoms with Gasteiger partial charge in [-0.2, -0.15) is 0 Å². The predicted molar refractivity (Wildman–Crippen MR) is 51.8 cm³/mol. The molecular formula is C11H16O3. The third-order valence-electron chi connectivity index (χ3n) is 3.39. The zero-order valence-electron chi connectivity index (χ0n) is 8.92. The molecule has 0 radical (unpaired) electrons. The Labute approximate surface area is 84.1 Å². The maximum Gasteiger partial charge on any atom is 0.333 e. The number of carbonyl (C=O) groups is 1. The fourth-order valence-electron chi connectivity index (χ4n) is 2.29. The van der Waals surface area contributed by atoms with E-state index < -0.39 is 0 Å². The maximum absolute atomic E-state index is 11.5. The van der Waals surface area contributed by atoms with Gasteiger partial charge in [0.2, 0.25) is 0 Å². The van der Waals surface area contributed by atoms with E-state index in [-0.39, 0.29) is 17.7 Å². The van der Waals surface area contributed by atoms with Crippen molar-refractivity contribution in [3.05, 3.63) is 11.1 Å². The molecule has 14 heavy (non-hydrogen) atoms. The maximum atomic E-state index is 11.5. The summed E-state index contributed by atoms with van der Waals surface area (Å²) in [4.78, 5) is 11.5. The van der Waals surface area contributed by atoms with E-state index in [1.807, 2.05) is 6.92 Å². The van der Waals surface area contributed by atoms with E-state index in [1.54, 1.807) is 0 Å². The minimum Gasteiger partial charge on any atom is -0.466 e. The van der Waals surface area contributed by atoms with E-state index in [0.29, 0.717) is 0 Å². The second-order valence-electron chi connectivity index (χ2n) is 4.17. The van der Waals surface area contributed by atoms with Gasteiger partial charge in [0.15, 0.2) is 0 Å². The number of hydrogen-bond donors (Lipinski definition) is 0. The van der Waals surface area contributed by atoms with Crippen LogP contribution in [0.3, 0.4) is 0 Å². The Hall–Kier alpha value is -0.830. The summed E-state index contributed by atoms with van der Waals surface area (Å²) in [6, 6.07) is 0. The number of esters is 1. The van der Waals surface area contributed by atoms with Gasteiger partial charge in [-0.15, -0.1) is 0 Å². The lowest BCUT2D eigenvalue weighted by molar-refractivity contribution is -0.136. The van der Waals surface area contributed by atoms with Gasteiger partial charge in [-0.3, -0.25) is 0 Å². The Morgan fingerprint density at radius 2 is 2.21 bits per heavy atom. The molecule has 1 fully saturated rings. The molecule has 0 aromatic heterocycles. The Kier molecular flexibility index (Phi) is 2.14. The molecule has 1 saturated heterocycles. The molecule has 0 spiro atoms. The van der Waals surface area contributed by atoms with E-state index >= 15 is 0 Å². The summed E-state index contributed by atoms with van der Waals surface area (Å²) >= 11 is 0. The molecule has 1 aliphatic carbocycles. The van der Waals surface area contributed by atoms with Crippen molar-refractivity contribution in [2.24, 2.45) is 0 Å². The highest BCUT2D eigenvalue weighted by molar-refractivity contribution is 5.90. The SMILES string of the molecule is COC(=O)C1=C(C2(C)OC2C)CCC1. The number of hydrogen-bond acceptors (Lipinski definition) is 3. The smallest absolute Gasteiger partial charge is 0.333 e. The van der Waals surface area contributed by atoms with Gasteiger partial charge in [0, 0.05) is 5.57 Å². The van der Waals surface area contributed by atoms with Crippen LogP contribution >= 0.6 is 0 Å². The van der Waals surface area contributed by atoms with Crippen molar-refractivity contribution in [3.63, 3.8) is 0 Å². The first kappa shape index (κ1) is 9.71. The molecule has 1 heterocycles. The lowest BCUT2D eigenvalue weighted by Gasteiger charge is -2.09. The number of carbonyl (C=O) groups excluding carboxylic acids is 1. The molecule has 2 rings (SSSR count). The normalized spacial score (nSPS) is 36.1. The first-order valence-corrected chi connectivity index (χ1v) is 5.08. The Morgan fingerprint density at radius 1 is 1.57 bits per heavy atom. The fraction of sp³-hybridized carbons (Fsp3) is 0.727. The number of methoxy groups -OCH3 is 1. The summed E-state index contributed by atoms with van der Waals surface area (Å²) < 4.78 is 10.3. The van der Waals surface area contributed by atoms with Gasteiger partial charge in [-0.1, -0.05) is 0 Å². The third-order valence-corrected chi connectivity index (χ3v) is 3.39. The molecule has 0 amide bonds. The summed E-state index contributed by atoms with van der Waals surface area (Å²) in [6.45, 7) is 4.10. The van der Waals surface area contributed by atoms with E-state index in [2.05, 4.69) is 6.92 Å². The van der Waals surface area contributed by atoms with E-state index in [1.165, 1.54) is 7.11 Å². The lowest BCUT2D eigenvalue weighted by atomic mass is 9.94. The number of epoxide rings is 1. The molecule has 0 aromatic carbocycles. The zero-order valence-corrected chi connectivity index (χ0v) is 8.92. The third kappa shape index (κ3) is 1.27. The average Bonchev–Trinajstić information content (AvgIpc) is 2.66. The number of rotatable bonds is 2. The van der Waals surface area contributed by atoms with E-state index in [9.17, 15) is 4.79 Å². The summed E-state index contributed by atoms with van der Waals surface area (Å²) in [7, 11) is 1.44. The van der Waals surface area contributed by atoms with Crippen LogP contribution in [-0.4, -0.2) is 24.8 Å². The van der Waals surface area contributed by atoms with Crippen molar-refractivity contribution in [3.8, 4) is 0 Å². The van der Waals surface area contributed by atoms with Gasteiger partial charge in [0.05, 0.1) is 13.2 Å². The second-order valence-corrected chi connectivity index (χ2v) is 4.17. The molecular weight excluding hydrogens is 180 g/mol. The molecule has 1 aliphatic heterocycles. The topological polar surface area (TPSA) is 38.8 Å². The highest BCUT2D eigenvalue weighted by atomic mass is 16.6. The van der Waals surface area contributed by atoms with Gasteiger partial charge in [0.25, 0.3) is 0 Å². The average molecular weight is 196 g/mol. The van der Waals surface area contributed by atoms with E-state index in [0.717, 1.165) is 30.4 Å². The molecule has 3 nitrogen and oxygen atoms in total. The van der Waals surface area contributed by atoms with Gasteiger partial charge in [-0.25, -0.2) is 4.79 Å². The molecule has 3 heteroatoms. The Morgan fingerprint density at radius 3 is 2.71 bits per heavy atom. The molecule has 0 bridgehead atoms. The second kappa shape index (κ2) is 3.09. The zero-order chi connectivity index (χ0) is 10.3. The van der Waals surface area contributed by atoms with Crippen LogP contribution in [0.5, 0.6) is 0 Å². The minimum absolute atomic E-state index is 0.179. The van der Waals surface area contributed by atoms with Crippen molar-refractivity contribution in [2.75, 3.05) is 7.11 Å². The van der Waals surface area contributed by atoms with Crippen LogP contribution in [0.2, 0.25) is 0 Å². The highest BCUT2D eigenvalue weighted by Gasteiger charge is 2.53. The van der Waals surface area contributed by atoms with Gasteiger partial charge in [-0.05, 0) is 38.7 Å². The minimum atomic E-state index is -0.181. The monoisotopic (exact) mass is 196 g/mol. The summed E-state index contributed by atoms with van der Waals surface area (Å²) in [5, 5.41) is 0. The van der Waals surface area contributed by atoms with Gasteiger partial charge < -0.3 is 9.47 Å². The summed E-state index contributed by atoms with van der Waals surface area (Å²) in [5.74, 6) is -0.179. The molecule has 2 aliphatic rings. The van der Waals surface area contributed by atoms with Crippen molar-refractivity contribution in [1.29, 1.82) is 0 Å². The standard InChI is InChI=1S/C11H16O3/c1-7-11(2,14-7)9-6-4-5-8(9)10(12)13-3/h7H,4-6H2,1-3H3. The molecule has 0 N–H and O–H groups in total. The van der Waals surface area contributed by atoms with E-state index in [4.69, 9.17) is 9.47 Å².